The lowest BCUT2D eigenvalue weighted by Crippen LogP contribution is -2.21. The Balaban J connectivity index is 2.27. The van der Waals surface area contributed by atoms with Gasteiger partial charge in [-0.2, -0.15) is 0 Å². The van der Waals surface area contributed by atoms with Gasteiger partial charge in [-0.05, 0) is 43.3 Å². The maximum atomic E-state index is 3.27. The van der Waals surface area contributed by atoms with E-state index in [1.54, 1.807) is 0 Å². The Morgan fingerprint density at radius 2 is 2.50 bits per heavy atom. The third-order valence-corrected chi connectivity index (χ3v) is 2.41. The number of hydrogen-bond donors (Lipinski definition) is 0. The van der Waals surface area contributed by atoms with Crippen LogP contribution in [-0.4, -0.2) is 0 Å². The summed E-state index contributed by atoms with van der Waals surface area (Å²) in [7, 11) is 0. The van der Waals surface area contributed by atoms with E-state index in [4.69, 9.17) is 0 Å². The highest BCUT2D eigenvalue weighted by Gasteiger charge is 2.32. The van der Waals surface area contributed by atoms with Gasteiger partial charge in [-0.3, -0.25) is 0 Å². The zero-order valence-electron chi connectivity index (χ0n) is 5.15. The van der Waals surface area contributed by atoms with Gasteiger partial charge >= 0.3 is 0 Å². The average molecular weight is 106 g/mol. The van der Waals surface area contributed by atoms with Gasteiger partial charge in [0, 0.05) is 0 Å². The van der Waals surface area contributed by atoms with Crippen LogP contribution in [0.3, 0.4) is 0 Å². The summed E-state index contributed by atoms with van der Waals surface area (Å²) < 4.78 is 0. The molecule has 0 heterocycles. The molecule has 8 heavy (non-hydrogen) atoms. The van der Waals surface area contributed by atoms with Gasteiger partial charge in [0.25, 0.3) is 0 Å². The molecule has 0 spiro atoms. The fourth-order valence-electron chi connectivity index (χ4n) is 1.61. The molecule has 0 amide bonds. The highest BCUT2D eigenvalue weighted by atomic mass is 14.4. The predicted octanol–water partition coefficient (Wildman–Crippen LogP) is 2.13. The van der Waals surface area contributed by atoms with E-state index in [1.165, 1.54) is 18.4 Å². The highest BCUT2D eigenvalue weighted by molar-refractivity contribution is 5.19. The first-order valence-electron chi connectivity index (χ1n) is 3.31. The van der Waals surface area contributed by atoms with Crippen molar-refractivity contribution < 1.29 is 0 Å². The molecule has 0 heteroatoms. The van der Waals surface area contributed by atoms with E-state index in [0.29, 0.717) is 0 Å². The molecule has 2 aliphatic carbocycles. The third-order valence-electron chi connectivity index (χ3n) is 2.41. The lowest BCUT2D eigenvalue weighted by atomic mass is 9.73. The van der Waals surface area contributed by atoms with Crippen molar-refractivity contribution >= 4 is 0 Å². The van der Waals surface area contributed by atoms with Crippen LogP contribution >= 0.6 is 0 Å². The van der Waals surface area contributed by atoms with Crippen molar-refractivity contribution in [3.05, 3.63) is 17.4 Å². The van der Waals surface area contributed by atoms with Gasteiger partial charge in [-0.1, -0.05) is 0 Å². The molecule has 0 nitrogen and oxygen atoms in total. The minimum absolute atomic E-state index is 0.898. The predicted molar refractivity (Wildman–Crippen MR) is 33.5 cm³/mol. The third kappa shape index (κ3) is 0.367. The molecule has 2 rings (SSSR count). The topological polar surface area (TPSA) is 0 Å². The fourth-order valence-corrected chi connectivity index (χ4v) is 1.61. The first-order chi connectivity index (χ1) is 3.88. The summed E-state index contributed by atoms with van der Waals surface area (Å²) in [6.07, 6.45) is 5.07. The summed E-state index contributed by atoms with van der Waals surface area (Å²) in [5, 5.41) is 0. The van der Waals surface area contributed by atoms with Gasteiger partial charge in [0.2, 0.25) is 0 Å². The summed E-state index contributed by atoms with van der Waals surface area (Å²) in [6.45, 7) is 2.19. The van der Waals surface area contributed by atoms with Crippen LogP contribution in [0.2, 0.25) is 0 Å². The minimum atomic E-state index is 0.898. The minimum Gasteiger partial charge on any atom is -0.126 e. The van der Waals surface area contributed by atoms with Gasteiger partial charge in [0.1, 0.15) is 0 Å². The van der Waals surface area contributed by atoms with Gasteiger partial charge in [0.05, 0.1) is 0 Å². The Hall–Kier alpha value is -0.480. The average Bonchev–Trinajstić information content (AvgIpc) is 1.80. The van der Waals surface area contributed by atoms with Gasteiger partial charge < -0.3 is 0 Å². The quantitative estimate of drug-likeness (QED) is 0.415. The first-order valence-corrected chi connectivity index (χ1v) is 3.31. The lowest BCUT2D eigenvalue weighted by molar-refractivity contribution is 0.282. The van der Waals surface area contributed by atoms with Gasteiger partial charge in [0.15, 0.2) is 0 Å². The summed E-state index contributed by atoms with van der Waals surface area (Å²) in [5.41, 5.74) is 4.76. The molecule has 1 fully saturated rings. The molecule has 0 bridgehead atoms. The number of allylic oxidation sites excluding steroid dienone is 1. The molecular weight excluding hydrogens is 96.1 g/mol. The van der Waals surface area contributed by atoms with E-state index in [1.807, 2.05) is 0 Å². The Morgan fingerprint density at radius 3 is 2.75 bits per heavy atom. The van der Waals surface area contributed by atoms with Crippen molar-refractivity contribution in [2.24, 2.45) is 11.8 Å². The second-order valence-electron chi connectivity index (χ2n) is 2.84. The highest BCUT2D eigenvalue weighted by Crippen LogP contribution is 2.42. The van der Waals surface area contributed by atoms with Crippen LogP contribution in [0.15, 0.2) is 17.4 Å². The fraction of sp³-hybridized carbons (Fsp3) is 0.625. The van der Waals surface area contributed by atoms with Crippen molar-refractivity contribution in [3.63, 3.8) is 0 Å². The van der Waals surface area contributed by atoms with Crippen LogP contribution in [0.25, 0.3) is 0 Å². The zero-order valence-corrected chi connectivity index (χ0v) is 5.15. The van der Waals surface area contributed by atoms with Crippen LogP contribution < -0.4 is 0 Å². The number of fused-ring (bicyclic) bond motifs is 1. The van der Waals surface area contributed by atoms with Crippen molar-refractivity contribution in [1.29, 1.82) is 0 Å². The Labute approximate surface area is 49.9 Å². The van der Waals surface area contributed by atoms with Gasteiger partial charge in [-0.15, -0.1) is 5.73 Å². The Kier molecular flexibility index (Phi) is 0.698. The lowest BCUT2D eigenvalue weighted by Gasteiger charge is -2.30. The molecule has 0 aromatic heterocycles. The largest absolute Gasteiger partial charge is 0.126 e. The van der Waals surface area contributed by atoms with Crippen LogP contribution in [0.4, 0.5) is 0 Å². The molecule has 2 atom stereocenters. The number of hydrogen-bond acceptors (Lipinski definition) is 0. The second-order valence-corrected chi connectivity index (χ2v) is 2.84. The van der Waals surface area contributed by atoms with E-state index in [0.717, 1.165) is 11.8 Å². The SMILES string of the molecule is CC1=C=CC2CCC12. The van der Waals surface area contributed by atoms with E-state index in [2.05, 4.69) is 18.7 Å². The molecule has 1 saturated carbocycles. The standard InChI is InChI=1S/C8H10/c1-6-2-3-7-4-5-8(6)7/h3,7-8H,4-5H2,1H3. The number of rotatable bonds is 0. The zero-order chi connectivity index (χ0) is 5.56. The molecule has 0 aromatic carbocycles. The first kappa shape index (κ1) is 4.40. The molecule has 0 N–H and O–H groups in total. The van der Waals surface area contributed by atoms with Crippen LogP contribution in [0.5, 0.6) is 0 Å². The van der Waals surface area contributed by atoms with E-state index >= 15 is 0 Å². The van der Waals surface area contributed by atoms with Crippen molar-refractivity contribution in [3.8, 4) is 0 Å². The molecule has 0 saturated heterocycles. The smallest absolute Gasteiger partial charge is 0.00608 e. The van der Waals surface area contributed by atoms with E-state index in [-0.39, 0.29) is 0 Å². The summed E-state index contributed by atoms with van der Waals surface area (Å²) in [4.78, 5) is 0. The molecule has 2 unspecified atom stereocenters. The van der Waals surface area contributed by atoms with Crippen molar-refractivity contribution in [2.75, 3.05) is 0 Å². The summed E-state index contributed by atoms with van der Waals surface area (Å²) >= 11 is 0. The Bertz CT molecular complexity index is 170. The molecule has 42 valence electrons. The maximum Gasteiger partial charge on any atom is -0.00608 e. The normalized spacial score (nSPS) is 40.9. The Morgan fingerprint density at radius 1 is 1.62 bits per heavy atom. The van der Waals surface area contributed by atoms with E-state index in [9.17, 15) is 0 Å². The van der Waals surface area contributed by atoms with Crippen molar-refractivity contribution in [1.82, 2.24) is 0 Å². The summed E-state index contributed by atoms with van der Waals surface area (Å²) in [5.74, 6) is 1.81. The van der Waals surface area contributed by atoms with E-state index < -0.39 is 0 Å². The molecular formula is C8H10. The van der Waals surface area contributed by atoms with Crippen LogP contribution in [0.1, 0.15) is 19.8 Å². The molecule has 2 aliphatic rings. The summed E-state index contributed by atoms with van der Waals surface area (Å²) in [6, 6.07) is 0. The van der Waals surface area contributed by atoms with Crippen molar-refractivity contribution in [2.45, 2.75) is 19.8 Å². The molecule has 0 radical (unpaired) electrons. The maximum absolute atomic E-state index is 3.27. The van der Waals surface area contributed by atoms with Crippen LogP contribution in [-0.2, 0) is 0 Å². The second kappa shape index (κ2) is 1.27. The molecule has 0 aliphatic heterocycles. The molecule has 0 aromatic rings. The monoisotopic (exact) mass is 106 g/mol. The van der Waals surface area contributed by atoms with Gasteiger partial charge in [-0.25, -0.2) is 0 Å². The van der Waals surface area contributed by atoms with Crippen LogP contribution in [0, 0.1) is 11.8 Å².